The Balaban J connectivity index is 2.35. The molecule has 5 heteroatoms. The van der Waals surface area contributed by atoms with E-state index >= 15 is 0 Å². The summed E-state index contributed by atoms with van der Waals surface area (Å²) in [5.74, 6) is 0. The van der Waals surface area contributed by atoms with Crippen molar-refractivity contribution in [3.8, 4) is 0 Å². The number of nitrogens with one attached hydrogen (secondary N) is 1. The summed E-state index contributed by atoms with van der Waals surface area (Å²) < 4.78 is 1.13. The van der Waals surface area contributed by atoms with E-state index in [0.717, 1.165) is 16.6 Å². The van der Waals surface area contributed by atoms with E-state index in [2.05, 4.69) is 49.6 Å². The molecule has 0 aromatic carbocycles. The molecule has 0 fully saturated rings. The molecular formula is C11H12BrN3S. The van der Waals surface area contributed by atoms with Crippen molar-refractivity contribution in [2.45, 2.75) is 13.0 Å². The molecule has 1 unspecified atom stereocenters. The van der Waals surface area contributed by atoms with Gasteiger partial charge in [0.25, 0.3) is 0 Å². The summed E-state index contributed by atoms with van der Waals surface area (Å²) in [4.78, 5) is 9.39. The predicted octanol–water partition coefficient (Wildman–Crippen LogP) is 3.00. The standard InChI is InChI=1S/C11H12BrN3S/c1-2-15-10(8-5-13-7-14-6-8)11-9(12)3-4-16-11/h3-7,10,15H,2H2,1H3. The molecule has 84 valence electrons. The van der Waals surface area contributed by atoms with Crippen molar-refractivity contribution in [1.82, 2.24) is 15.3 Å². The van der Waals surface area contributed by atoms with Crippen molar-refractivity contribution in [2.24, 2.45) is 0 Å². The molecule has 2 aromatic rings. The van der Waals surface area contributed by atoms with Gasteiger partial charge in [-0.25, -0.2) is 9.97 Å². The van der Waals surface area contributed by atoms with Crippen molar-refractivity contribution in [2.75, 3.05) is 6.54 Å². The Morgan fingerprint density at radius 1 is 1.44 bits per heavy atom. The smallest absolute Gasteiger partial charge is 0.115 e. The quantitative estimate of drug-likeness (QED) is 0.943. The number of nitrogens with zero attached hydrogens (tertiary/aromatic N) is 2. The van der Waals surface area contributed by atoms with Gasteiger partial charge in [0, 0.05) is 27.3 Å². The van der Waals surface area contributed by atoms with Gasteiger partial charge in [-0.3, -0.25) is 0 Å². The van der Waals surface area contributed by atoms with Crippen molar-refractivity contribution >= 4 is 27.3 Å². The Kier molecular flexibility index (Phi) is 4.04. The monoisotopic (exact) mass is 297 g/mol. The van der Waals surface area contributed by atoms with Crippen molar-refractivity contribution in [3.05, 3.63) is 45.1 Å². The lowest BCUT2D eigenvalue weighted by Crippen LogP contribution is -2.21. The molecule has 0 saturated heterocycles. The van der Waals surface area contributed by atoms with E-state index in [-0.39, 0.29) is 6.04 Å². The summed E-state index contributed by atoms with van der Waals surface area (Å²) in [6, 6.07) is 2.23. The fraction of sp³-hybridized carbons (Fsp3) is 0.273. The van der Waals surface area contributed by atoms with Crippen LogP contribution in [0.5, 0.6) is 0 Å². The summed E-state index contributed by atoms with van der Waals surface area (Å²) in [5.41, 5.74) is 1.09. The van der Waals surface area contributed by atoms with Crippen LogP contribution in [0, 0.1) is 0 Å². The molecule has 0 saturated carbocycles. The van der Waals surface area contributed by atoms with Crippen molar-refractivity contribution in [3.63, 3.8) is 0 Å². The molecule has 1 atom stereocenters. The van der Waals surface area contributed by atoms with Crippen LogP contribution in [-0.2, 0) is 0 Å². The molecule has 3 nitrogen and oxygen atoms in total. The van der Waals surface area contributed by atoms with E-state index in [1.54, 1.807) is 17.7 Å². The minimum atomic E-state index is 0.167. The average molecular weight is 298 g/mol. The first kappa shape index (κ1) is 11.7. The number of rotatable bonds is 4. The van der Waals surface area contributed by atoms with Crippen LogP contribution in [0.25, 0.3) is 0 Å². The third-order valence-electron chi connectivity index (χ3n) is 2.23. The van der Waals surface area contributed by atoms with Crippen LogP contribution in [0.3, 0.4) is 0 Å². The highest BCUT2D eigenvalue weighted by atomic mass is 79.9. The number of halogens is 1. The van der Waals surface area contributed by atoms with Gasteiger partial charge in [-0.2, -0.15) is 0 Å². The molecule has 0 aliphatic heterocycles. The number of hydrogen-bond donors (Lipinski definition) is 1. The maximum atomic E-state index is 4.07. The van der Waals surface area contributed by atoms with Gasteiger partial charge in [0.05, 0.1) is 6.04 Å². The first-order chi connectivity index (χ1) is 7.83. The summed E-state index contributed by atoms with van der Waals surface area (Å²) in [7, 11) is 0. The second-order valence-corrected chi connectivity index (χ2v) is 5.10. The number of thiophene rings is 1. The van der Waals surface area contributed by atoms with E-state index in [1.807, 2.05) is 12.4 Å². The van der Waals surface area contributed by atoms with Crippen LogP contribution in [0.2, 0.25) is 0 Å². The maximum absolute atomic E-state index is 4.07. The van der Waals surface area contributed by atoms with Gasteiger partial charge < -0.3 is 5.32 Å². The molecule has 0 aliphatic rings. The molecule has 0 amide bonds. The van der Waals surface area contributed by atoms with Crippen LogP contribution in [-0.4, -0.2) is 16.5 Å². The molecular weight excluding hydrogens is 286 g/mol. The lowest BCUT2D eigenvalue weighted by molar-refractivity contribution is 0.633. The summed E-state index contributed by atoms with van der Waals surface area (Å²) >= 11 is 5.29. The second kappa shape index (κ2) is 5.52. The first-order valence-electron chi connectivity index (χ1n) is 5.04. The Hall–Kier alpha value is -0.780. The van der Waals surface area contributed by atoms with Gasteiger partial charge in [-0.05, 0) is 33.9 Å². The minimum Gasteiger partial charge on any atom is -0.306 e. The fourth-order valence-corrected chi connectivity index (χ4v) is 3.24. The SMILES string of the molecule is CCNC(c1cncnc1)c1sccc1Br. The van der Waals surface area contributed by atoms with Crippen molar-refractivity contribution < 1.29 is 0 Å². The van der Waals surface area contributed by atoms with E-state index in [0.29, 0.717) is 0 Å². The van der Waals surface area contributed by atoms with E-state index in [1.165, 1.54) is 4.88 Å². The predicted molar refractivity (Wildman–Crippen MR) is 69.6 cm³/mol. The van der Waals surface area contributed by atoms with E-state index in [4.69, 9.17) is 0 Å². The lowest BCUT2D eigenvalue weighted by atomic mass is 10.1. The zero-order valence-electron chi connectivity index (χ0n) is 8.85. The molecule has 16 heavy (non-hydrogen) atoms. The van der Waals surface area contributed by atoms with Crippen LogP contribution in [0.15, 0.2) is 34.6 Å². The normalized spacial score (nSPS) is 12.6. The van der Waals surface area contributed by atoms with Gasteiger partial charge in [-0.1, -0.05) is 6.92 Å². The number of aromatic nitrogens is 2. The molecule has 0 spiro atoms. The zero-order valence-corrected chi connectivity index (χ0v) is 11.3. The van der Waals surface area contributed by atoms with Crippen LogP contribution in [0.4, 0.5) is 0 Å². The summed E-state index contributed by atoms with van der Waals surface area (Å²) in [6.45, 7) is 3.00. The average Bonchev–Trinajstić information content (AvgIpc) is 2.73. The third-order valence-corrected chi connectivity index (χ3v) is 4.16. The molecule has 0 aliphatic carbocycles. The molecule has 0 bridgehead atoms. The lowest BCUT2D eigenvalue weighted by Gasteiger charge is -2.16. The fourth-order valence-electron chi connectivity index (χ4n) is 1.54. The zero-order chi connectivity index (χ0) is 11.4. The second-order valence-electron chi connectivity index (χ2n) is 3.30. The van der Waals surface area contributed by atoms with Crippen LogP contribution < -0.4 is 5.32 Å². The van der Waals surface area contributed by atoms with Gasteiger partial charge in [0.1, 0.15) is 6.33 Å². The first-order valence-corrected chi connectivity index (χ1v) is 6.71. The van der Waals surface area contributed by atoms with Gasteiger partial charge in [0.15, 0.2) is 0 Å². The third kappa shape index (κ3) is 2.48. The highest BCUT2D eigenvalue weighted by Crippen LogP contribution is 2.32. The largest absolute Gasteiger partial charge is 0.306 e. The Bertz CT molecular complexity index is 444. The highest BCUT2D eigenvalue weighted by molar-refractivity contribution is 9.10. The Morgan fingerprint density at radius 3 is 2.75 bits per heavy atom. The van der Waals surface area contributed by atoms with Gasteiger partial charge in [-0.15, -0.1) is 11.3 Å². The molecule has 2 rings (SSSR count). The topological polar surface area (TPSA) is 37.8 Å². The minimum absolute atomic E-state index is 0.167. The van der Waals surface area contributed by atoms with E-state index < -0.39 is 0 Å². The number of hydrogen-bond acceptors (Lipinski definition) is 4. The Labute approximate surface area is 107 Å². The molecule has 0 radical (unpaired) electrons. The summed E-state index contributed by atoms with van der Waals surface area (Å²) in [6.07, 6.45) is 5.26. The maximum Gasteiger partial charge on any atom is 0.115 e. The molecule has 2 heterocycles. The molecule has 2 aromatic heterocycles. The van der Waals surface area contributed by atoms with Crippen LogP contribution >= 0.6 is 27.3 Å². The molecule has 1 N–H and O–H groups in total. The van der Waals surface area contributed by atoms with Gasteiger partial charge >= 0.3 is 0 Å². The van der Waals surface area contributed by atoms with Crippen LogP contribution in [0.1, 0.15) is 23.4 Å². The summed E-state index contributed by atoms with van der Waals surface area (Å²) in [5, 5.41) is 5.52. The Morgan fingerprint density at radius 2 is 2.19 bits per heavy atom. The van der Waals surface area contributed by atoms with Gasteiger partial charge in [0.2, 0.25) is 0 Å². The van der Waals surface area contributed by atoms with Crippen molar-refractivity contribution in [1.29, 1.82) is 0 Å². The highest BCUT2D eigenvalue weighted by Gasteiger charge is 2.17. The van der Waals surface area contributed by atoms with E-state index in [9.17, 15) is 0 Å².